The van der Waals surface area contributed by atoms with Gasteiger partial charge >= 0.3 is 0 Å². The maximum Gasteiger partial charge on any atom is 0.257 e. The van der Waals surface area contributed by atoms with E-state index >= 15 is 0 Å². The quantitative estimate of drug-likeness (QED) is 0.599. The number of carbonyl (C=O) groups excluding carboxylic acids is 2. The number of ether oxygens (including phenoxy) is 4. The summed E-state index contributed by atoms with van der Waals surface area (Å²) in [7, 11) is 4.59. The molecule has 10 heteroatoms. The van der Waals surface area contributed by atoms with Gasteiger partial charge in [0.1, 0.15) is 6.26 Å². The van der Waals surface area contributed by atoms with Crippen LogP contribution in [-0.2, 0) is 4.74 Å². The second-order valence-electron chi connectivity index (χ2n) is 8.26. The number of rotatable bonds is 7. The number of piperazine rings is 1. The van der Waals surface area contributed by atoms with Gasteiger partial charge in [-0.15, -0.1) is 0 Å². The van der Waals surface area contributed by atoms with E-state index in [9.17, 15) is 9.59 Å². The van der Waals surface area contributed by atoms with Gasteiger partial charge in [0.15, 0.2) is 11.5 Å². The van der Waals surface area contributed by atoms with Gasteiger partial charge in [-0.3, -0.25) is 14.5 Å². The van der Waals surface area contributed by atoms with Crippen LogP contribution in [-0.4, -0.2) is 106 Å². The van der Waals surface area contributed by atoms with E-state index < -0.39 is 0 Å². The molecule has 0 spiro atoms. The van der Waals surface area contributed by atoms with Gasteiger partial charge in [-0.1, -0.05) is 0 Å². The maximum atomic E-state index is 13.1. The summed E-state index contributed by atoms with van der Waals surface area (Å²) in [5.74, 6) is 1.24. The number of nitrogens with zero attached hydrogens (tertiary/aromatic N) is 3. The van der Waals surface area contributed by atoms with Gasteiger partial charge in [-0.2, -0.15) is 0 Å². The van der Waals surface area contributed by atoms with Crippen molar-refractivity contribution in [1.29, 1.82) is 0 Å². The molecular formula is C24H31N3O7. The van der Waals surface area contributed by atoms with Crippen LogP contribution in [0, 0.1) is 0 Å². The zero-order valence-corrected chi connectivity index (χ0v) is 19.8. The van der Waals surface area contributed by atoms with Crippen LogP contribution in [0.25, 0.3) is 0 Å². The standard InChI is InChI=1S/C24H31N3O7/c1-30-20-12-18(13-21(31-2)22(20)32-3)24(29)26-7-5-25(6-8-26)14-19-15-27(9-11-34-19)23(28)17-4-10-33-16-17/h4,10,12-13,16,19H,5-9,11,14-15H2,1-3H3. The molecule has 3 heterocycles. The minimum atomic E-state index is -0.0790. The van der Waals surface area contributed by atoms with Crippen LogP contribution in [0.5, 0.6) is 17.2 Å². The molecule has 10 nitrogen and oxygen atoms in total. The van der Waals surface area contributed by atoms with Crippen molar-refractivity contribution in [3.63, 3.8) is 0 Å². The maximum absolute atomic E-state index is 13.1. The van der Waals surface area contributed by atoms with Crippen LogP contribution < -0.4 is 14.2 Å². The molecule has 2 saturated heterocycles. The Morgan fingerprint density at radius 1 is 0.912 bits per heavy atom. The second-order valence-corrected chi connectivity index (χ2v) is 8.26. The van der Waals surface area contributed by atoms with E-state index in [4.69, 9.17) is 23.4 Å². The Kier molecular flexibility index (Phi) is 7.59. The summed E-state index contributed by atoms with van der Waals surface area (Å²) in [5.41, 5.74) is 1.05. The van der Waals surface area contributed by atoms with Crippen LogP contribution in [0.4, 0.5) is 0 Å². The van der Waals surface area contributed by atoms with Crippen molar-refractivity contribution in [3.8, 4) is 17.2 Å². The van der Waals surface area contributed by atoms with E-state index in [1.54, 1.807) is 18.2 Å². The van der Waals surface area contributed by atoms with Gasteiger partial charge in [-0.25, -0.2) is 0 Å². The highest BCUT2D eigenvalue weighted by molar-refractivity contribution is 5.96. The molecule has 0 saturated carbocycles. The first kappa shape index (κ1) is 23.9. The fourth-order valence-electron chi connectivity index (χ4n) is 4.39. The van der Waals surface area contributed by atoms with E-state index in [0.717, 1.165) is 13.1 Å². The number of hydrogen-bond donors (Lipinski definition) is 0. The number of benzene rings is 1. The van der Waals surface area contributed by atoms with Crippen LogP contribution in [0.15, 0.2) is 35.1 Å². The molecular weight excluding hydrogens is 442 g/mol. The number of morpholine rings is 1. The molecule has 4 rings (SSSR count). The van der Waals surface area contributed by atoms with Gasteiger partial charge in [0.2, 0.25) is 5.75 Å². The van der Waals surface area contributed by atoms with Crippen molar-refractivity contribution in [2.24, 2.45) is 0 Å². The summed E-state index contributed by atoms with van der Waals surface area (Å²) in [4.78, 5) is 31.7. The summed E-state index contributed by atoms with van der Waals surface area (Å²) in [5, 5.41) is 0. The Bertz CT molecular complexity index is 961. The molecule has 34 heavy (non-hydrogen) atoms. The average Bonchev–Trinajstić information content (AvgIpc) is 3.42. The highest BCUT2D eigenvalue weighted by atomic mass is 16.5. The molecule has 2 amide bonds. The number of carbonyl (C=O) groups is 2. The highest BCUT2D eigenvalue weighted by Gasteiger charge is 2.29. The molecule has 0 N–H and O–H groups in total. The van der Waals surface area contributed by atoms with Gasteiger partial charge in [0, 0.05) is 51.4 Å². The van der Waals surface area contributed by atoms with E-state index in [2.05, 4.69) is 4.90 Å². The third-order valence-electron chi connectivity index (χ3n) is 6.23. The average molecular weight is 474 g/mol. The van der Waals surface area contributed by atoms with Crippen molar-refractivity contribution in [2.75, 3.05) is 73.7 Å². The summed E-state index contributed by atoms with van der Waals surface area (Å²) in [6.45, 7) is 4.97. The number of amides is 2. The predicted octanol–water partition coefficient (Wildman–Crippen LogP) is 1.60. The van der Waals surface area contributed by atoms with Crippen LogP contribution in [0.2, 0.25) is 0 Å². The van der Waals surface area contributed by atoms with Crippen LogP contribution in [0.1, 0.15) is 20.7 Å². The molecule has 1 aromatic heterocycles. The highest BCUT2D eigenvalue weighted by Crippen LogP contribution is 2.38. The largest absolute Gasteiger partial charge is 0.493 e. The topological polar surface area (TPSA) is 93.9 Å². The molecule has 2 fully saturated rings. The lowest BCUT2D eigenvalue weighted by molar-refractivity contribution is -0.0400. The minimum absolute atomic E-state index is 0.0391. The lowest BCUT2D eigenvalue weighted by atomic mass is 10.1. The zero-order chi connectivity index (χ0) is 24.1. The smallest absolute Gasteiger partial charge is 0.257 e. The van der Waals surface area contributed by atoms with Crippen molar-refractivity contribution in [1.82, 2.24) is 14.7 Å². The normalized spacial score (nSPS) is 19.1. The van der Waals surface area contributed by atoms with E-state index in [-0.39, 0.29) is 17.9 Å². The Hall–Kier alpha value is -3.24. The lowest BCUT2D eigenvalue weighted by Crippen LogP contribution is -2.54. The van der Waals surface area contributed by atoms with Crippen molar-refractivity contribution >= 4 is 11.8 Å². The molecule has 184 valence electrons. The SMILES string of the molecule is COc1cc(C(=O)N2CCN(CC3CN(C(=O)c4ccoc4)CCO3)CC2)cc(OC)c1OC. The fraction of sp³-hybridized carbons (Fsp3) is 0.500. The number of hydrogen-bond acceptors (Lipinski definition) is 8. The monoisotopic (exact) mass is 473 g/mol. The second kappa shape index (κ2) is 10.8. The molecule has 0 bridgehead atoms. The predicted molar refractivity (Wildman–Crippen MR) is 123 cm³/mol. The van der Waals surface area contributed by atoms with Gasteiger partial charge < -0.3 is 33.2 Å². The van der Waals surface area contributed by atoms with Crippen LogP contribution >= 0.6 is 0 Å². The molecule has 0 radical (unpaired) electrons. The molecule has 1 unspecified atom stereocenters. The summed E-state index contributed by atoms with van der Waals surface area (Å²) < 4.78 is 27.0. The molecule has 1 aromatic carbocycles. The summed E-state index contributed by atoms with van der Waals surface area (Å²) in [6, 6.07) is 5.03. The third-order valence-corrected chi connectivity index (χ3v) is 6.23. The molecule has 0 aliphatic carbocycles. The van der Waals surface area contributed by atoms with E-state index in [1.165, 1.54) is 33.9 Å². The molecule has 2 aliphatic rings. The lowest BCUT2D eigenvalue weighted by Gasteiger charge is -2.39. The summed E-state index contributed by atoms with van der Waals surface area (Å²) in [6.07, 6.45) is 2.91. The van der Waals surface area contributed by atoms with Crippen molar-refractivity contribution < 1.29 is 33.0 Å². The summed E-state index contributed by atoms with van der Waals surface area (Å²) >= 11 is 0. The fourth-order valence-corrected chi connectivity index (χ4v) is 4.39. The van der Waals surface area contributed by atoms with Gasteiger partial charge in [0.05, 0.1) is 45.9 Å². The molecule has 2 aliphatic heterocycles. The van der Waals surface area contributed by atoms with E-state index in [1.807, 2.05) is 9.80 Å². The third kappa shape index (κ3) is 5.13. The van der Waals surface area contributed by atoms with Gasteiger partial charge in [0.25, 0.3) is 11.8 Å². The Morgan fingerprint density at radius 2 is 1.59 bits per heavy atom. The first-order valence-corrected chi connectivity index (χ1v) is 11.3. The number of furan rings is 1. The Balaban J connectivity index is 1.32. The van der Waals surface area contributed by atoms with Crippen molar-refractivity contribution in [2.45, 2.75) is 6.10 Å². The molecule has 2 aromatic rings. The first-order chi connectivity index (χ1) is 16.5. The minimum Gasteiger partial charge on any atom is -0.493 e. The molecule has 1 atom stereocenters. The Labute approximate surface area is 198 Å². The number of methoxy groups -OCH3 is 3. The Morgan fingerprint density at radius 3 is 2.18 bits per heavy atom. The zero-order valence-electron chi connectivity index (χ0n) is 19.8. The van der Waals surface area contributed by atoms with Gasteiger partial charge in [-0.05, 0) is 18.2 Å². The van der Waals surface area contributed by atoms with Crippen LogP contribution in [0.3, 0.4) is 0 Å². The van der Waals surface area contributed by atoms with E-state index in [0.29, 0.717) is 67.7 Å². The van der Waals surface area contributed by atoms with Crippen molar-refractivity contribution in [3.05, 3.63) is 41.9 Å². The first-order valence-electron chi connectivity index (χ1n) is 11.3.